The van der Waals surface area contributed by atoms with Gasteiger partial charge in [-0.2, -0.15) is 0 Å². The van der Waals surface area contributed by atoms with E-state index >= 15 is 0 Å². The van der Waals surface area contributed by atoms with Crippen LogP contribution in [-0.4, -0.2) is 40.1 Å². The molecule has 1 aromatic heterocycles. The van der Waals surface area contributed by atoms with Crippen LogP contribution in [0.2, 0.25) is 0 Å². The number of anilines is 1. The number of unbranched alkanes of at least 4 members (excludes halogenated alkanes) is 1. The Labute approximate surface area is 183 Å². The van der Waals surface area contributed by atoms with Crippen molar-refractivity contribution in [1.82, 2.24) is 9.97 Å². The summed E-state index contributed by atoms with van der Waals surface area (Å²) >= 11 is 0. The SMILES string of the molecule is CCCCc1cnc(N2CCC(C(C)CCOc3ccc(S(C)=O)cc3)CC2)nc1. The minimum Gasteiger partial charge on any atom is -0.494 e. The summed E-state index contributed by atoms with van der Waals surface area (Å²) in [5.41, 5.74) is 1.24. The van der Waals surface area contributed by atoms with Gasteiger partial charge >= 0.3 is 0 Å². The molecule has 2 heterocycles. The van der Waals surface area contributed by atoms with Crippen LogP contribution in [0.25, 0.3) is 0 Å². The molecule has 0 saturated carbocycles. The van der Waals surface area contributed by atoms with E-state index in [0.717, 1.165) is 55.0 Å². The maximum absolute atomic E-state index is 11.5. The summed E-state index contributed by atoms with van der Waals surface area (Å²) in [4.78, 5) is 12.4. The highest BCUT2D eigenvalue weighted by molar-refractivity contribution is 7.84. The summed E-state index contributed by atoms with van der Waals surface area (Å²) in [7, 11) is -0.942. The molecule has 1 aliphatic rings. The van der Waals surface area contributed by atoms with E-state index in [1.807, 2.05) is 36.7 Å². The molecule has 5 nitrogen and oxygen atoms in total. The Balaban J connectivity index is 1.39. The van der Waals surface area contributed by atoms with Crippen LogP contribution in [0, 0.1) is 11.8 Å². The first-order valence-electron chi connectivity index (χ1n) is 11.2. The van der Waals surface area contributed by atoms with Crippen LogP contribution in [0.5, 0.6) is 5.75 Å². The molecule has 0 amide bonds. The monoisotopic (exact) mass is 429 g/mol. The Morgan fingerprint density at radius 3 is 2.43 bits per heavy atom. The molecular formula is C24H35N3O2S. The van der Waals surface area contributed by atoms with Gasteiger partial charge in [0.15, 0.2) is 0 Å². The number of hydrogen-bond acceptors (Lipinski definition) is 5. The van der Waals surface area contributed by atoms with Crippen LogP contribution in [0.3, 0.4) is 0 Å². The molecule has 0 N–H and O–H groups in total. The summed E-state index contributed by atoms with van der Waals surface area (Å²) < 4.78 is 17.4. The largest absolute Gasteiger partial charge is 0.494 e. The Bertz CT molecular complexity index is 787. The number of rotatable bonds is 10. The summed E-state index contributed by atoms with van der Waals surface area (Å²) in [5.74, 6) is 3.08. The second kappa shape index (κ2) is 11.4. The molecule has 3 rings (SSSR count). The number of aryl methyl sites for hydroxylation is 1. The van der Waals surface area contributed by atoms with Gasteiger partial charge in [-0.25, -0.2) is 9.97 Å². The number of nitrogens with zero attached hydrogens (tertiary/aromatic N) is 3. The summed E-state index contributed by atoms with van der Waals surface area (Å²) in [6.07, 6.45) is 12.6. The van der Waals surface area contributed by atoms with Gasteiger partial charge in [-0.3, -0.25) is 4.21 Å². The second-order valence-electron chi connectivity index (χ2n) is 8.36. The Morgan fingerprint density at radius 2 is 1.83 bits per heavy atom. The first-order valence-corrected chi connectivity index (χ1v) is 12.7. The van der Waals surface area contributed by atoms with E-state index in [1.54, 1.807) is 6.26 Å². The Hall–Kier alpha value is -1.95. The zero-order valence-corrected chi connectivity index (χ0v) is 19.4. The highest BCUT2D eigenvalue weighted by atomic mass is 32.2. The van der Waals surface area contributed by atoms with Gasteiger partial charge in [0.2, 0.25) is 5.95 Å². The average Bonchev–Trinajstić information content (AvgIpc) is 2.78. The molecule has 0 bridgehead atoms. The van der Waals surface area contributed by atoms with Crippen molar-refractivity contribution in [2.45, 2.75) is 57.3 Å². The van der Waals surface area contributed by atoms with Crippen molar-refractivity contribution in [2.24, 2.45) is 11.8 Å². The molecule has 2 aromatic rings. The zero-order valence-electron chi connectivity index (χ0n) is 18.5. The van der Waals surface area contributed by atoms with Crippen LogP contribution in [0.15, 0.2) is 41.6 Å². The predicted molar refractivity (Wildman–Crippen MR) is 124 cm³/mol. The number of aromatic nitrogens is 2. The summed E-state index contributed by atoms with van der Waals surface area (Å²) in [6.45, 7) is 7.32. The van der Waals surface area contributed by atoms with Crippen molar-refractivity contribution in [3.63, 3.8) is 0 Å². The summed E-state index contributed by atoms with van der Waals surface area (Å²) in [6, 6.07) is 7.58. The number of piperidine rings is 1. The smallest absolute Gasteiger partial charge is 0.225 e. The molecule has 6 heteroatoms. The molecular weight excluding hydrogens is 394 g/mol. The lowest BCUT2D eigenvalue weighted by atomic mass is 9.84. The fourth-order valence-electron chi connectivity index (χ4n) is 4.02. The molecule has 2 atom stereocenters. The molecule has 30 heavy (non-hydrogen) atoms. The molecule has 1 aromatic carbocycles. The van der Waals surface area contributed by atoms with Crippen LogP contribution in [-0.2, 0) is 17.2 Å². The van der Waals surface area contributed by atoms with Gasteiger partial charge in [-0.1, -0.05) is 20.3 Å². The fourth-order valence-corrected chi connectivity index (χ4v) is 4.53. The van der Waals surface area contributed by atoms with Crippen molar-refractivity contribution in [1.29, 1.82) is 0 Å². The standard InChI is InChI=1S/C24H35N3O2S/c1-4-5-6-20-17-25-24(26-18-20)27-14-11-21(12-15-27)19(2)13-16-29-22-7-9-23(10-8-22)30(3)28/h7-10,17-19,21H,4-6,11-16H2,1-3H3. The molecule has 0 spiro atoms. The lowest BCUT2D eigenvalue weighted by Crippen LogP contribution is -2.37. The minimum atomic E-state index is -0.942. The molecule has 0 aliphatic carbocycles. The van der Waals surface area contributed by atoms with Crippen LogP contribution >= 0.6 is 0 Å². The lowest BCUT2D eigenvalue weighted by Gasteiger charge is -2.35. The maximum atomic E-state index is 11.5. The summed E-state index contributed by atoms with van der Waals surface area (Å²) in [5, 5.41) is 0. The Kier molecular flexibility index (Phi) is 8.67. The minimum absolute atomic E-state index is 0.631. The molecule has 2 unspecified atom stereocenters. The number of ether oxygens (including phenoxy) is 1. The highest BCUT2D eigenvalue weighted by Crippen LogP contribution is 2.28. The third-order valence-corrected chi connectivity index (χ3v) is 7.07. The van der Waals surface area contributed by atoms with Crippen molar-refractivity contribution >= 4 is 16.7 Å². The van der Waals surface area contributed by atoms with Crippen molar-refractivity contribution in [3.05, 3.63) is 42.2 Å². The average molecular weight is 430 g/mol. The van der Waals surface area contributed by atoms with Crippen LogP contribution < -0.4 is 9.64 Å². The third kappa shape index (κ3) is 6.53. The van der Waals surface area contributed by atoms with Gasteiger partial charge in [0.05, 0.1) is 6.61 Å². The quantitative estimate of drug-likeness (QED) is 0.539. The highest BCUT2D eigenvalue weighted by Gasteiger charge is 2.25. The first-order chi connectivity index (χ1) is 14.6. The topological polar surface area (TPSA) is 55.3 Å². The normalized spacial score (nSPS) is 17.0. The van der Waals surface area contributed by atoms with Gasteiger partial charge in [0, 0.05) is 47.4 Å². The number of hydrogen-bond donors (Lipinski definition) is 0. The van der Waals surface area contributed by atoms with E-state index in [9.17, 15) is 4.21 Å². The third-order valence-electron chi connectivity index (χ3n) is 6.14. The van der Waals surface area contributed by atoms with E-state index in [4.69, 9.17) is 4.74 Å². The predicted octanol–water partition coefficient (Wildman–Crippen LogP) is 4.88. The van der Waals surface area contributed by atoms with E-state index in [2.05, 4.69) is 28.7 Å². The van der Waals surface area contributed by atoms with Crippen molar-refractivity contribution in [2.75, 3.05) is 30.9 Å². The Morgan fingerprint density at radius 1 is 1.17 bits per heavy atom. The van der Waals surface area contributed by atoms with Crippen molar-refractivity contribution < 1.29 is 8.95 Å². The van der Waals surface area contributed by atoms with Crippen LogP contribution in [0.1, 0.15) is 51.5 Å². The van der Waals surface area contributed by atoms with E-state index in [0.29, 0.717) is 5.92 Å². The zero-order chi connectivity index (χ0) is 21.3. The molecule has 164 valence electrons. The second-order valence-corrected chi connectivity index (χ2v) is 9.74. The molecule has 1 saturated heterocycles. The van der Waals surface area contributed by atoms with E-state index in [1.165, 1.54) is 31.2 Å². The van der Waals surface area contributed by atoms with E-state index in [-0.39, 0.29) is 0 Å². The number of benzene rings is 1. The van der Waals surface area contributed by atoms with Crippen LogP contribution in [0.4, 0.5) is 5.95 Å². The van der Waals surface area contributed by atoms with Gasteiger partial charge < -0.3 is 9.64 Å². The molecule has 1 aliphatic heterocycles. The molecule has 1 fully saturated rings. The lowest BCUT2D eigenvalue weighted by molar-refractivity contribution is 0.222. The molecule has 0 radical (unpaired) electrons. The van der Waals surface area contributed by atoms with Gasteiger partial charge in [-0.05, 0) is 73.8 Å². The maximum Gasteiger partial charge on any atom is 0.225 e. The van der Waals surface area contributed by atoms with Gasteiger partial charge in [0.25, 0.3) is 0 Å². The van der Waals surface area contributed by atoms with Crippen molar-refractivity contribution in [3.8, 4) is 5.75 Å². The van der Waals surface area contributed by atoms with E-state index < -0.39 is 10.8 Å². The van der Waals surface area contributed by atoms with Gasteiger partial charge in [-0.15, -0.1) is 0 Å². The fraction of sp³-hybridized carbons (Fsp3) is 0.583. The van der Waals surface area contributed by atoms with Gasteiger partial charge in [0.1, 0.15) is 5.75 Å². The first kappa shape index (κ1) is 22.7.